The van der Waals surface area contributed by atoms with Crippen LogP contribution in [0.2, 0.25) is 0 Å². The molecule has 0 aliphatic carbocycles. The van der Waals surface area contributed by atoms with E-state index in [0.717, 1.165) is 33.7 Å². The maximum absolute atomic E-state index is 14.1. The number of pyridine rings is 1. The third-order valence-corrected chi connectivity index (χ3v) is 5.47. The van der Waals surface area contributed by atoms with Crippen LogP contribution < -0.4 is 10.1 Å². The van der Waals surface area contributed by atoms with Gasteiger partial charge in [-0.05, 0) is 41.5 Å². The second kappa shape index (κ2) is 6.52. The minimum atomic E-state index is -0.499. The monoisotopic (exact) mass is 397 g/mol. The third-order valence-electron chi connectivity index (χ3n) is 5.47. The summed E-state index contributed by atoms with van der Waals surface area (Å²) in [4.78, 5) is 8.70. The van der Waals surface area contributed by atoms with Gasteiger partial charge in [0.2, 0.25) is 5.95 Å². The predicted molar refractivity (Wildman–Crippen MR) is 109 cm³/mol. The Morgan fingerprint density at radius 3 is 2.77 bits per heavy atom. The molecule has 0 amide bonds. The van der Waals surface area contributed by atoms with Crippen LogP contribution in [-0.4, -0.2) is 19.7 Å². The van der Waals surface area contributed by atoms with Crippen LogP contribution >= 0.6 is 0 Å². The fourth-order valence-corrected chi connectivity index (χ4v) is 4.22. The molecule has 4 aromatic rings. The zero-order chi connectivity index (χ0) is 20.1. The van der Waals surface area contributed by atoms with Crippen molar-refractivity contribution in [2.45, 2.75) is 12.1 Å². The number of fused-ring (bicyclic) bond motifs is 3. The van der Waals surface area contributed by atoms with Crippen LogP contribution in [0.5, 0.6) is 5.75 Å². The maximum atomic E-state index is 14.1. The third kappa shape index (κ3) is 2.52. The molecule has 0 spiro atoms. The van der Waals surface area contributed by atoms with Crippen molar-refractivity contribution in [1.82, 2.24) is 19.7 Å². The first-order valence-electron chi connectivity index (χ1n) is 9.61. The van der Waals surface area contributed by atoms with Crippen molar-refractivity contribution in [3.05, 3.63) is 107 Å². The average molecular weight is 397 g/mol. The number of hydrogen-bond acceptors (Lipinski definition) is 5. The van der Waals surface area contributed by atoms with Crippen LogP contribution in [0.1, 0.15) is 28.8 Å². The zero-order valence-electron chi connectivity index (χ0n) is 15.7. The summed E-state index contributed by atoms with van der Waals surface area (Å²) < 4.78 is 22.4. The molecule has 0 bridgehead atoms. The minimum Gasteiger partial charge on any atom is -0.480 e. The Morgan fingerprint density at radius 2 is 1.90 bits per heavy atom. The molecule has 0 saturated heterocycles. The van der Waals surface area contributed by atoms with E-state index < -0.39 is 6.10 Å². The molecule has 2 aromatic heterocycles. The second-order valence-corrected chi connectivity index (χ2v) is 7.22. The normalized spacial score (nSPS) is 19.2. The summed E-state index contributed by atoms with van der Waals surface area (Å²) in [5.74, 6) is 1.06. The highest BCUT2D eigenvalue weighted by molar-refractivity contribution is 5.85. The van der Waals surface area contributed by atoms with Crippen LogP contribution in [-0.2, 0) is 0 Å². The molecule has 0 fully saturated rings. The molecule has 0 unspecified atom stereocenters. The van der Waals surface area contributed by atoms with Crippen molar-refractivity contribution in [2.24, 2.45) is 0 Å². The smallest absolute Gasteiger partial charge is 0.226 e. The first-order chi connectivity index (χ1) is 14.8. The molecule has 2 atom stereocenters. The van der Waals surface area contributed by atoms with E-state index in [-0.39, 0.29) is 11.9 Å². The van der Waals surface area contributed by atoms with Crippen molar-refractivity contribution in [3.8, 4) is 5.75 Å². The fraction of sp³-hybridized carbons (Fsp3) is 0.0870. The molecule has 146 valence electrons. The SMILES string of the molecule is Fc1cccc([C@H]2Oc3ccccc3C3=C2[C@H](c2cccnc2)n2ncnc2N3)c1. The lowest BCUT2D eigenvalue weighted by Crippen LogP contribution is -2.32. The first-order valence-corrected chi connectivity index (χ1v) is 9.61. The van der Waals surface area contributed by atoms with E-state index in [1.807, 2.05) is 53.3 Å². The lowest BCUT2D eigenvalue weighted by molar-refractivity contribution is 0.222. The Balaban J connectivity index is 1.64. The lowest BCUT2D eigenvalue weighted by Gasteiger charge is -2.38. The van der Waals surface area contributed by atoms with Crippen LogP contribution in [0.15, 0.2) is 85.0 Å². The van der Waals surface area contributed by atoms with Gasteiger partial charge in [0.15, 0.2) is 0 Å². The molecular weight excluding hydrogens is 381 g/mol. The van der Waals surface area contributed by atoms with Gasteiger partial charge in [0.05, 0.1) is 5.70 Å². The topological polar surface area (TPSA) is 64.9 Å². The number of rotatable bonds is 2. The Hall–Kier alpha value is -4.00. The van der Waals surface area contributed by atoms with E-state index >= 15 is 0 Å². The van der Waals surface area contributed by atoms with E-state index in [2.05, 4.69) is 20.4 Å². The molecule has 6 rings (SSSR count). The van der Waals surface area contributed by atoms with Gasteiger partial charge in [0.25, 0.3) is 0 Å². The highest BCUT2D eigenvalue weighted by atomic mass is 19.1. The molecule has 6 nitrogen and oxygen atoms in total. The van der Waals surface area contributed by atoms with Gasteiger partial charge in [0.1, 0.15) is 30.0 Å². The number of nitrogens with zero attached hydrogens (tertiary/aromatic N) is 4. The molecule has 2 aliphatic rings. The van der Waals surface area contributed by atoms with Crippen molar-refractivity contribution in [2.75, 3.05) is 5.32 Å². The summed E-state index contributed by atoms with van der Waals surface area (Å²) >= 11 is 0. The van der Waals surface area contributed by atoms with Gasteiger partial charge in [-0.1, -0.05) is 30.3 Å². The number of aromatic nitrogens is 4. The number of nitrogens with one attached hydrogen (secondary N) is 1. The summed E-state index contributed by atoms with van der Waals surface area (Å²) in [5, 5.41) is 7.88. The van der Waals surface area contributed by atoms with Crippen molar-refractivity contribution >= 4 is 11.6 Å². The van der Waals surface area contributed by atoms with Gasteiger partial charge in [-0.25, -0.2) is 9.07 Å². The largest absolute Gasteiger partial charge is 0.480 e. The van der Waals surface area contributed by atoms with Gasteiger partial charge in [0, 0.05) is 23.5 Å². The summed E-state index contributed by atoms with van der Waals surface area (Å²) in [7, 11) is 0. The van der Waals surface area contributed by atoms with Crippen molar-refractivity contribution in [1.29, 1.82) is 0 Å². The van der Waals surface area contributed by atoms with Gasteiger partial charge in [-0.2, -0.15) is 10.1 Å². The molecule has 0 saturated carbocycles. The lowest BCUT2D eigenvalue weighted by atomic mass is 9.85. The maximum Gasteiger partial charge on any atom is 0.226 e. The number of halogens is 1. The standard InChI is InChI=1S/C23H16FN5O/c24-16-7-3-5-14(11-16)22-19-20(17-8-1-2-9-18(17)30-22)28-23-26-13-27-29(23)21(19)15-6-4-10-25-12-15/h1-13,21-22H,(H,26,27,28)/t21-,22+/m0/s1. The van der Waals surface area contributed by atoms with E-state index in [9.17, 15) is 4.39 Å². The average Bonchev–Trinajstić information content (AvgIpc) is 3.26. The minimum absolute atomic E-state index is 0.297. The highest BCUT2D eigenvalue weighted by Gasteiger charge is 2.40. The number of hydrogen-bond donors (Lipinski definition) is 1. The molecule has 2 aliphatic heterocycles. The predicted octanol–water partition coefficient (Wildman–Crippen LogP) is 4.37. The van der Waals surface area contributed by atoms with E-state index in [0.29, 0.717) is 5.95 Å². The highest BCUT2D eigenvalue weighted by Crippen LogP contribution is 2.50. The fourth-order valence-electron chi connectivity index (χ4n) is 4.22. The summed E-state index contributed by atoms with van der Waals surface area (Å²) in [6, 6.07) is 17.9. The number of para-hydroxylation sites is 1. The molecule has 30 heavy (non-hydrogen) atoms. The number of ether oxygens (including phenoxy) is 1. The number of anilines is 1. The molecule has 7 heteroatoms. The molecule has 0 radical (unpaired) electrons. The first kappa shape index (κ1) is 16.9. The summed E-state index contributed by atoms with van der Waals surface area (Å²) in [6.45, 7) is 0. The summed E-state index contributed by atoms with van der Waals surface area (Å²) in [6.07, 6.45) is 4.57. The van der Waals surface area contributed by atoms with Crippen LogP contribution in [0.4, 0.5) is 10.3 Å². The quantitative estimate of drug-likeness (QED) is 0.544. The second-order valence-electron chi connectivity index (χ2n) is 7.22. The van der Waals surface area contributed by atoms with Gasteiger partial charge in [-0.3, -0.25) is 4.98 Å². The van der Waals surface area contributed by atoms with Crippen LogP contribution in [0, 0.1) is 5.82 Å². The Morgan fingerprint density at radius 1 is 1.00 bits per heavy atom. The zero-order valence-corrected chi connectivity index (χ0v) is 15.7. The van der Waals surface area contributed by atoms with Crippen molar-refractivity contribution < 1.29 is 9.13 Å². The van der Waals surface area contributed by atoms with Gasteiger partial charge < -0.3 is 10.1 Å². The Kier molecular flexibility index (Phi) is 3.67. The van der Waals surface area contributed by atoms with Crippen LogP contribution in [0.25, 0.3) is 5.70 Å². The Bertz CT molecular complexity index is 1280. The van der Waals surface area contributed by atoms with E-state index in [1.54, 1.807) is 12.3 Å². The summed E-state index contributed by atoms with van der Waals surface area (Å²) in [5.41, 5.74) is 4.45. The van der Waals surface area contributed by atoms with Crippen LogP contribution in [0.3, 0.4) is 0 Å². The van der Waals surface area contributed by atoms with Gasteiger partial charge in [-0.15, -0.1) is 0 Å². The molecular formula is C23H16FN5O. The van der Waals surface area contributed by atoms with Crippen molar-refractivity contribution in [3.63, 3.8) is 0 Å². The van der Waals surface area contributed by atoms with E-state index in [1.165, 1.54) is 18.5 Å². The Labute approximate surface area is 171 Å². The van der Waals surface area contributed by atoms with E-state index in [4.69, 9.17) is 4.74 Å². The molecule has 4 heterocycles. The number of benzene rings is 2. The van der Waals surface area contributed by atoms with Gasteiger partial charge >= 0.3 is 0 Å². The molecule has 1 N–H and O–H groups in total. The molecule has 2 aromatic carbocycles.